The summed E-state index contributed by atoms with van der Waals surface area (Å²) in [6.07, 6.45) is -2.44. The number of nitrogens with one attached hydrogen (secondary N) is 2. The zero-order valence-corrected chi connectivity index (χ0v) is 17.1. The minimum Gasteiger partial charge on any atom is -0.369 e. The van der Waals surface area contributed by atoms with Gasteiger partial charge in [0.05, 0.1) is 11.1 Å². The number of amides is 1. The van der Waals surface area contributed by atoms with Gasteiger partial charge >= 0.3 is 6.18 Å². The average molecular weight is 434 g/mol. The highest BCUT2D eigenvalue weighted by Crippen LogP contribution is 2.40. The van der Waals surface area contributed by atoms with Crippen LogP contribution in [-0.4, -0.2) is 44.0 Å². The third-order valence-corrected chi connectivity index (χ3v) is 5.68. The Hall–Kier alpha value is -3.07. The summed E-state index contributed by atoms with van der Waals surface area (Å²) in [5, 5.41) is 5.36. The molecule has 1 unspecified atom stereocenters. The minimum absolute atomic E-state index is 0.140. The highest BCUT2D eigenvalue weighted by molar-refractivity contribution is 6.31. The largest absolute Gasteiger partial charge is 0.418 e. The van der Waals surface area contributed by atoms with Crippen molar-refractivity contribution in [1.82, 2.24) is 4.90 Å². The first-order valence-electron chi connectivity index (χ1n) is 9.84. The molecule has 2 heterocycles. The SMILES string of the molecule is CN(C)C1CCN(c2ccc(N/C=C3/C(=O)Nc4ccc(F)cc43)cc2C(F)(F)F)C1. The van der Waals surface area contributed by atoms with Crippen molar-refractivity contribution in [3.8, 4) is 0 Å². The predicted molar refractivity (Wildman–Crippen MR) is 112 cm³/mol. The third-order valence-electron chi connectivity index (χ3n) is 5.68. The van der Waals surface area contributed by atoms with E-state index in [1.54, 1.807) is 11.0 Å². The molecule has 0 saturated carbocycles. The number of hydrogen-bond acceptors (Lipinski definition) is 4. The number of carbonyl (C=O) groups is 1. The second-order valence-electron chi connectivity index (χ2n) is 7.93. The van der Waals surface area contributed by atoms with Gasteiger partial charge in [0, 0.05) is 48.0 Å². The molecule has 2 aromatic carbocycles. The molecule has 5 nitrogen and oxygen atoms in total. The van der Waals surface area contributed by atoms with Crippen LogP contribution in [-0.2, 0) is 11.0 Å². The van der Waals surface area contributed by atoms with E-state index in [0.29, 0.717) is 24.3 Å². The van der Waals surface area contributed by atoms with Crippen LogP contribution in [0.25, 0.3) is 5.57 Å². The molecule has 2 aliphatic rings. The number of nitrogens with zero attached hydrogens (tertiary/aromatic N) is 2. The van der Waals surface area contributed by atoms with Gasteiger partial charge in [-0.2, -0.15) is 13.2 Å². The Morgan fingerprint density at radius 1 is 1.19 bits per heavy atom. The molecule has 31 heavy (non-hydrogen) atoms. The number of benzene rings is 2. The highest BCUT2D eigenvalue weighted by Gasteiger charge is 2.37. The van der Waals surface area contributed by atoms with Gasteiger partial charge in [0.25, 0.3) is 5.91 Å². The first-order chi connectivity index (χ1) is 14.6. The van der Waals surface area contributed by atoms with Crippen molar-refractivity contribution in [2.45, 2.75) is 18.6 Å². The molecule has 1 saturated heterocycles. The van der Waals surface area contributed by atoms with Gasteiger partial charge in [-0.3, -0.25) is 4.79 Å². The molecular weight excluding hydrogens is 412 g/mol. The fourth-order valence-electron chi connectivity index (χ4n) is 3.97. The van der Waals surface area contributed by atoms with E-state index < -0.39 is 23.5 Å². The Morgan fingerprint density at radius 3 is 2.65 bits per heavy atom. The molecule has 1 fully saturated rings. The Labute approximate surface area is 177 Å². The predicted octanol–water partition coefficient (Wildman–Crippen LogP) is 4.39. The van der Waals surface area contributed by atoms with Crippen molar-refractivity contribution >= 4 is 28.5 Å². The summed E-state index contributed by atoms with van der Waals surface area (Å²) in [7, 11) is 3.84. The molecule has 2 N–H and O–H groups in total. The van der Waals surface area contributed by atoms with Crippen LogP contribution in [0, 0.1) is 5.82 Å². The van der Waals surface area contributed by atoms with Gasteiger partial charge in [0.2, 0.25) is 0 Å². The van der Waals surface area contributed by atoms with Crippen molar-refractivity contribution in [2.24, 2.45) is 0 Å². The van der Waals surface area contributed by atoms with Crippen LogP contribution in [0.1, 0.15) is 17.5 Å². The highest BCUT2D eigenvalue weighted by atomic mass is 19.4. The second-order valence-corrected chi connectivity index (χ2v) is 7.93. The van der Waals surface area contributed by atoms with Crippen LogP contribution in [0.3, 0.4) is 0 Å². The molecule has 164 valence electrons. The van der Waals surface area contributed by atoms with Gasteiger partial charge in [-0.05, 0) is 56.9 Å². The van der Waals surface area contributed by atoms with E-state index in [1.807, 2.05) is 19.0 Å². The Kier molecular flexibility index (Phi) is 5.38. The molecule has 0 bridgehead atoms. The molecule has 0 aromatic heterocycles. The molecule has 0 radical (unpaired) electrons. The molecule has 1 amide bonds. The van der Waals surface area contributed by atoms with Crippen molar-refractivity contribution in [3.63, 3.8) is 0 Å². The lowest BCUT2D eigenvalue weighted by Crippen LogP contribution is -2.32. The standard InChI is InChI=1S/C22H22F4N4O/c1-29(2)15-7-8-30(12-15)20-6-4-14(10-18(20)22(24,25)26)27-11-17-16-9-13(23)3-5-19(16)28-21(17)31/h3-6,9-11,15,27H,7-8,12H2,1-2H3,(H,28,31)/b17-11+. The molecule has 2 aliphatic heterocycles. The lowest BCUT2D eigenvalue weighted by Gasteiger charge is -2.25. The maximum atomic E-state index is 13.8. The van der Waals surface area contributed by atoms with E-state index in [2.05, 4.69) is 10.6 Å². The van der Waals surface area contributed by atoms with E-state index in [9.17, 15) is 22.4 Å². The first-order valence-corrected chi connectivity index (χ1v) is 9.84. The number of carbonyl (C=O) groups excluding carboxylic acids is 1. The van der Waals surface area contributed by atoms with E-state index in [4.69, 9.17) is 0 Å². The number of likely N-dealkylation sites (N-methyl/N-ethyl adjacent to an activating group) is 1. The van der Waals surface area contributed by atoms with Crippen LogP contribution >= 0.6 is 0 Å². The maximum absolute atomic E-state index is 13.8. The summed E-state index contributed by atoms with van der Waals surface area (Å²) in [6, 6.07) is 8.10. The van der Waals surface area contributed by atoms with Crippen molar-refractivity contribution < 1.29 is 22.4 Å². The van der Waals surface area contributed by atoms with Crippen LogP contribution in [0.5, 0.6) is 0 Å². The van der Waals surface area contributed by atoms with Gasteiger partial charge in [-0.1, -0.05) is 0 Å². The topological polar surface area (TPSA) is 47.6 Å². The lowest BCUT2D eigenvalue weighted by molar-refractivity contribution is -0.137. The Morgan fingerprint density at radius 2 is 1.97 bits per heavy atom. The van der Waals surface area contributed by atoms with E-state index in [-0.39, 0.29) is 23.0 Å². The van der Waals surface area contributed by atoms with Gasteiger partial charge in [0.15, 0.2) is 0 Å². The summed E-state index contributed by atoms with van der Waals surface area (Å²) < 4.78 is 54.9. The van der Waals surface area contributed by atoms with Gasteiger partial charge in [-0.25, -0.2) is 4.39 Å². The maximum Gasteiger partial charge on any atom is 0.418 e. The number of halogens is 4. The van der Waals surface area contributed by atoms with E-state index in [0.717, 1.165) is 12.5 Å². The van der Waals surface area contributed by atoms with Gasteiger partial charge in [-0.15, -0.1) is 0 Å². The van der Waals surface area contributed by atoms with Crippen molar-refractivity contribution in [1.29, 1.82) is 0 Å². The first kappa shape index (κ1) is 21.2. The van der Waals surface area contributed by atoms with E-state index >= 15 is 0 Å². The number of anilines is 3. The lowest BCUT2D eigenvalue weighted by atomic mass is 10.1. The molecule has 9 heteroatoms. The summed E-state index contributed by atoms with van der Waals surface area (Å²) in [6.45, 7) is 1.07. The molecule has 4 rings (SSSR count). The zero-order valence-electron chi connectivity index (χ0n) is 17.1. The number of hydrogen-bond donors (Lipinski definition) is 2. The second kappa shape index (κ2) is 7.88. The van der Waals surface area contributed by atoms with Crippen LogP contribution in [0.2, 0.25) is 0 Å². The summed E-state index contributed by atoms with van der Waals surface area (Å²) in [5.41, 5.74) is 0.552. The van der Waals surface area contributed by atoms with E-state index in [1.165, 1.54) is 30.5 Å². The summed E-state index contributed by atoms with van der Waals surface area (Å²) >= 11 is 0. The molecule has 2 aromatic rings. The molecular formula is C22H22F4N4O. The van der Waals surface area contributed by atoms with Crippen LogP contribution < -0.4 is 15.5 Å². The van der Waals surface area contributed by atoms with Gasteiger partial charge in [0.1, 0.15) is 5.82 Å². The van der Waals surface area contributed by atoms with Crippen molar-refractivity contribution in [2.75, 3.05) is 42.7 Å². The smallest absolute Gasteiger partial charge is 0.369 e. The van der Waals surface area contributed by atoms with Crippen LogP contribution in [0.15, 0.2) is 42.6 Å². The normalized spacial score (nSPS) is 19.8. The minimum atomic E-state index is -4.53. The quantitative estimate of drug-likeness (QED) is 0.554. The monoisotopic (exact) mass is 434 g/mol. The summed E-state index contributed by atoms with van der Waals surface area (Å²) in [5.74, 6) is -0.959. The molecule has 0 aliphatic carbocycles. The fourth-order valence-corrected chi connectivity index (χ4v) is 3.97. The van der Waals surface area contributed by atoms with Gasteiger partial charge < -0.3 is 20.4 Å². The average Bonchev–Trinajstić information content (AvgIpc) is 3.30. The fraction of sp³-hybridized carbons (Fsp3) is 0.318. The number of alkyl halides is 3. The molecule has 0 spiro atoms. The third kappa shape index (κ3) is 4.23. The number of rotatable bonds is 4. The number of fused-ring (bicyclic) bond motifs is 1. The Balaban J connectivity index is 1.62. The zero-order chi connectivity index (χ0) is 22.3. The van der Waals surface area contributed by atoms with Crippen LogP contribution in [0.4, 0.5) is 34.6 Å². The Bertz CT molecular complexity index is 1050. The molecule has 1 atom stereocenters. The summed E-state index contributed by atoms with van der Waals surface area (Å²) in [4.78, 5) is 15.9. The van der Waals surface area contributed by atoms with Crippen molar-refractivity contribution in [3.05, 3.63) is 59.5 Å².